The summed E-state index contributed by atoms with van der Waals surface area (Å²) in [4.78, 5) is 16.0. The van der Waals surface area contributed by atoms with Gasteiger partial charge in [-0.15, -0.1) is 0 Å². The topological polar surface area (TPSA) is 72.5 Å². The first kappa shape index (κ1) is 11.6. The number of aliphatic carboxylic acids is 1. The fourth-order valence-corrected chi connectivity index (χ4v) is 1.87. The van der Waals surface area contributed by atoms with Crippen LogP contribution in [0.1, 0.15) is 12.5 Å². The first-order valence-electron chi connectivity index (χ1n) is 5.19. The maximum Gasteiger partial charge on any atom is 0.342 e. The van der Waals surface area contributed by atoms with Crippen LogP contribution >= 0.6 is 0 Å². The van der Waals surface area contributed by atoms with Gasteiger partial charge in [0, 0.05) is 5.56 Å². The molecule has 0 amide bonds. The van der Waals surface area contributed by atoms with E-state index in [4.69, 9.17) is 10.7 Å². The highest BCUT2D eigenvalue weighted by atomic mass is 16.6. The van der Waals surface area contributed by atoms with Crippen molar-refractivity contribution in [3.63, 3.8) is 0 Å². The van der Waals surface area contributed by atoms with Crippen LogP contribution in [0.4, 0.5) is 0 Å². The molecule has 0 aliphatic rings. The van der Waals surface area contributed by atoms with Gasteiger partial charge in [-0.3, -0.25) is 4.84 Å². The molecule has 88 valence electrons. The molecule has 0 saturated heterocycles. The monoisotopic (exact) mass is 231 g/mol. The molecule has 0 radical (unpaired) electrons. The van der Waals surface area contributed by atoms with Crippen molar-refractivity contribution in [1.29, 1.82) is 0 Å². The second kappa shape index (κ2) is 4.16. The smallest absolute Gasteiger partial charge is 0.342 e. The number of rotatable bonds is 3. The van der Waals surface area contributed by atoms with Crippen molar-refractivity contribution in [1.82, 2.24) is 0 Å². The zero-order valence-electron chi connectivity index (χ0n) is 9.38. The minimum atomic E-state index is -1.54. The summed E-state index contributed by atoms with van der Waals surface area (Å²) in [7, 11) is 0. The van der Waals surface area contributed by atoms with Crippen LogP contribution in [-0.2, 0) is 15.2 Å². The summed E-state index contributed by atoms with van der Waals surface area (Å²) in [6.07, 6.45) is 0. The molecule has 1 atom stereocenters. The van der Waals surface area contributed by atoms with Crippen molar-refractivity contribution < 1.29 is 14.7 Å². The molecule has 0 fully saturated rings. The maximum absolute atomic E-state index is 11.3. The molecule has 3 N–H and O–H groups in total. The molecule has 0 heterocycles. The zero-order chi connectivity index (χ0) is 12.5. The van der Waals surface area contributed by atoms with Crippen LogP contribution in [0.5, 0.6) is 0 Å². The maximum atomic E-state index is 11.3. The predicted octanol–water partition coefficient (Wildman–Crippen LogP) is 2.03. The molecule has 0 bridgehead atoms. The third-order valence-corrected chi connectivity index (χ3v) is 2.95. The highest BCUT2D eigenvalue weighted by Crippen LogP contribution is 2.30. The van der Waals surface area contributed by atoms with Gasteiger partial charge in [0.15, 0.2) is 0 Å². The van der Waals surface area contributed by atoms with Crippen molar-refractivity contribution in [3.8, 4) is 0 Å². The predicted molar refractivity (Wildman–Crippen MR) is 64.2 cm³/mol. The van der Waals surface area contributed by atoms with Crippen LogP contribution in [0.2, 0.25) is 0 Å². The molecule has 17 heavy (non-hydrogen) atoms. The molecule has 2 rings (SSSR count). The molecule has 1 unspecified atom stereocenters. The Kier molecular flexibility index (Phi) is 2.83. The average Bonchev–Trinajstić information content (AvgIpc) is 2.37. The van der Waals surface area contributed by atoms with E-state index in [-0.39, 0.29) is 0 Å². The van der Waals surface area contributed by atoms with Crippen molar-refractivity contribution >= 4 is 16.7 Å². The van der Waals surface area contributed by atoms with Gasteiger partial charge in [-0.1, -0.05) is 42.5 Å². The van der Waals surface area contributed by atoms with E-state index in [1.54, 1.807) is 12.1 Å². The fraction of sp³-hybridized carbons (Fsp3) is 0.154. The third kappa shape index (κ3) is 1.77. The minimum absolute atomic E-state index is 0.547. The number of fused-ring (bicyclic) bond motifs is 1. The molecule has 4 nitrogen and oxygen atoms in total. The lowest BCUT2D eigenvalue weighted by molar-refractivity contribution is -0.165. The van der Waals surface area contributed by atoms with Gasteiger partial charge < -0.3 is 5.11 Å². The van der Waals surface area contributed by atoms with Gasteiger partial charge in [0.05, 0.1) is 0 Å². The molecular weight excluding hydrogens is 218 g/mol. The highest BCUT2D eigenvalue weighted by Gasteiger charge is 2.37. The molecule has 4 heteroatoms. The third-order valence-electron chi connectivity index (χ3n) is 2.95. The normalized spacial score (nSPS) is 14.5. The van der Waals surface area contributed by atoms with E-state index in [1.807, 2.05) is 30.3 Å². The summed E-state index contributed by atoms with van der Waals surface area (Å²) >= 11 is 0. The fourth-order valence-electron chi connectivity index (χ4n) is 1.87. The lowest BCUT2D eigenvalue weighted by Crippen LogP contribution is -2.38. The van der Waals surface area contributed by atoms with Crippen LogP contribution in [0.3, 0.4) is 0 Å². The van der Waals surface area contributed by atoms with Crippen molar-refractivity contribution in [2.24, 2.45) is 5.90 Å². The Hall–Kier alpha value is -1.91. The summed E-state index contributed by atoms with van der Waals surface area (Å²) in [5, 5.41) is 11.0. The Morgan fingerprint density at radius 1 is 1.24 bits per heavy atom. The van der Waals surface area contributed by atoms with Gasteiger partial charge in [0.25, 0.3) is 0 Å². The molecule has 2 aromatic rings. The van der Waals surface area contributed by atoms with Gasteiger partial charge in [0.2, 0.25) is 5.60 Å². The summed E-state index contributed by atoms with van der Waals surface area (Å²) in [5.41, 5.74) is -0.994. The number of hydrogen-bond acceptors (Lipinski definition) is 3. The van der Waals surface area contributed by atoms with Crippen LogP contribution in [0.15, 0.2) is 42.5 Å². The van der Waals surface area contributed by atoms with Crippen molar-refractivity contribution in [3.05, 3.63) is 48.0 Å². The van der Waals surface area contributed by atoms with E-state index in [0.717, 1.165) is 10.8 Å². The first-order chi connectivity index (χ1) is 8.09. The molecule has 0 aromatic heterocycles. The van der Waals surface area contributed by atoms with Gasteiger partial charge in [-0.05, 0) is 17.7 Å². The van der Waals surface area contributed by atoms with Gasteiger partial charge in [-0.25, -0.2) is 10.7 Å². The molecule has 0 spiro atoms. The van der Waals surface area contributed by atoms with E-state index >= 15 is 0 Å². The van der Waals surface area contributed by atoms with Gasteiger partial charge >= 0.3 is 5.97 Å². The second-order valence-corrected chi connectivity index (χ2v) is 3.98. The van der Waals surface area contributed by atoms with Gasteiger partial charge in [-0.2, -0.15) is 0 Å². The Balaban J connectivity index is 2.74. The summed E-state index contributed by atoms with van der Waals surface area (Å²) < 4.78 is 0. The average molecular weight is 231 g/mol. The Morgan fingerprint density at radius 2 is 1.88 bits per heavy atom. The largest absolute Gasteiger partial charge is 0.479 e. The Bertz CT molecular complexity index is 562. The lowest BCUT2D eigenvalue weighted by atomic mass is 9.91. The summed E-state index contributed by atoms with van der Waals surface area (Å²) in [5.74, 6) is 4.04. The quantitative estimate of drug-likeness (QED) is 0.793. The van der Waals surface area contributed by atoms with E-state index in [9.17, 15) is 9.90 Å². The second-order valence-electron chi connectivity index (χ2n) is 3.98. The van der Waals surface area contributed by atoms with Crippen LogP contribution in [0, 0.1) is 0 Å². The Morgan fingerprint density at radius 3 is 2.53 bits per heavy atom. The van der Waals surface area contributed by atoms with Crippen LogP contribution in [-0.4, -0.2) is 11.1 Å². The molecule has 2 aromatic carbocycles. The zero-order valence-corrected chi connectivity index (χ0v) is 9.38. The van der Waals surface area contributed by atoms with Crippen molar-refractivity contribution in [2.45, 2.75) is 12.5 Å². The summed E-state index contributed by atoms with van der Waals surface area (Å²) in [6.45, 7) is 1.44. The number of nitrogens with two attached hydrogens (primary N) is 1. The lowest BCUT2D eigenvalue weighted by Gasteiger charge is -2.24. The number of hydrogen-bond donors (Lipinski definition) is 2. The van der Waals surface area contributed by atoms with Crippen LogP contribution < -0.4 is 5.90 Å². The number of benzene rings is 2. The van der Waals surface area contributed by atoms with E-state index < -0.39 is 11.6 Å². The van der Waals surface area contributed by atoms with E-state index in [2.05, 4.69) is 0 Å². The first-order valence-corrected chi connectivity index (χ1v) is 5.19. The van der Waals surface area contributed by atoms with Crippen molar-refractivity contribution in [2.75, 3.05) is 0 Å². The van der Waals surface area contributed by atoms with E-state index in [0.29, 0.717) is 5.56 Å². The molecule has 0 aliphatic heterocycles. The summed E-state index contributed by atoms with van der Waals surface area (Å²) in [6, 6.07) is 12.9. The van der Waals surface area contributed by atoms with E-state index in [1.165, 1.54) is 6.92 Å². The number of carbonyl (C=O) groups is 1. The molecule has 0 saturated carbocycles. The SMILES string of the molecule is CC(ON)(C(=O)O)c1cccc2ccccc12. The molecule has 0 aliphatic carbocycles. The highest BCUT2D eigenvalue weighted by molar-refractivity contribution is 5.91. The van der Waals surface area contributed by atoms with Gasteiger partial charge in [0.1, 0.15) is 0 Å². The Labute approximate surface area is 98.6 Å². The molecular formula is C13H13NO3. The number of carboxylic acids is 1. The van der Waals surface area contributed by atoms with Crippen LogP contribution in [0.25, 0.3) is 10.8 Å². The standard InChI is InChI=1S/C13H13NO3/c1-13(17-14,12(15)16)11-8-4-6-9-5-2-3-7-10(9)11/h2-8H,14H2,1H3,(H,15,16). The number of carboxylic acid groups (broad SMARTS) is 1. The minimum Gasteiger partial charge on any atom is -0.479 e.